The van der Waals surface area contributed by atoms with Crippen LogP contribution in [0.1, 0.15) is 38.2 Å². The Hall–Kier alpha value is -4.96. The summed E-state index contributed by atoms with van der Waals surface area (Å²) < 4.78 is 86.5. The van der Waals surface area contributed by atoms with Crippen LogP contribution >= 0.6 is 27.0 Å². The molecule has 0 saturated carbocycles. The van der Waals surface area contributed by atoms with E-state index in [0.717, 1.165) is 6.33 Å². The molecular formula is C43H50N18O22P4S4-4. The van der Waals surface area contributed by atoms with Crippen LogP contribution in [0.5, 0.6) is 0 Å². The molecule has 6 saturated heterocycles. The lowest BCUT2D eigenvalue weighted by atomic mass is 10.1. The number of pyridine rings is 1. The number of fused-ring (bicyclic) bond motifs is 8. The van der Waals surface area contributed by atoms with Gasteiger partial charge in [0.15, 0.2) is 71.1 Å². The van der Waals surface area contributed by atoms with Crippen molar-refractivity contribution in [2.24, 2.45) is 0 Å². The number of hydrogen-bond acceptors (Lipinski definition) is 38. The molecule has 0 radical (unpaired) electrons. The van der Waals surface area contributed by atoms with Crippen LogP contribution in [0.3, 0.4) is 0 Å². The molecule has 6 aliphatic rings. The molecule has 6 aliphatic heterocycles. The van der Waals surface area contributed by atoms with Gasteiger partial charge in [-0.05, 0) is 13.0 Å². The van der Waals surface area contributed by atoms with E-state index < -0.39 is 163 Å². The van der Waals surface area contributed by atoms with Gasteiger partial charge in [-0.1, -0.05) is 42.8 Å². The van der Waals surface area contributed by atoms with Gasteiger partial charge in [-0.2, -0.15) is 4.98 Å². The highest BCUT2D eigenvalue weighted by Crippen LogP contribution is 2.55. The molecular weight excluding hydrogens is 1370 g/mol. The van der Waals surface area contributed by atoms with E-state index in [1.165, 1.54) is 49.8 Å². The van der Waals surface area contributed by atoms with E-state index in [2.05, 4.69) is 54.8 Å². The number of hydrogen-bond donors (Lipinski definition) is 9. The number of nitrogens with zero attached hydrogens (tertiary/aromatic N) is 13. The van der Waals surface area contributed by atoms with Gasteiger partial charge in [-0.15, -0.1) is 0 Å². The van der Waals surface area contributed by atoms with Crippen molar-refractivity contribution < 1.29 is 94.8 Å². The number of anilines is 3. The van der Waals surface area contributed by atoms with E-state index in [1.54, 1.807) is 13.0 Å². The van der Waals surface area contributed by atoms with Crippen LogP contribution < -0.4 is 43.0 Å². The third-order valence-corrected chi connectivity index (χ3v) is 21.0. The fourth-order valence-electron chi connectivity index (χ4n) is 10.8. The monoisotopic (exact) mass is 1420 g/mol. The number of aromatic nitrogens is 15. The van der Waals surface area contributed by atoms with Crippen molar-refractivity contribution in [1.29, 1.82) is 0 Å². The standard InChI is InChI=1S/C21H25N9O12P2S2.C21H25N9O10P2S2.CH4/c1-6-25-15-9(17(33)26-6)23-4-29(15)19-11(31)13-7(39-19)2-37-44(36,46)42-14-8(3-38-43(35,45)41-13)40-20(12(14)32)30-5-24-10-16(30)27-21(22)28-18(10)34;22-8-1-2-24-18-11(8)27-6-29(18)20-13(31)15-9(37-20)3-35-42(34,44)40-16-10(4-36-41(33,43)39-15)38-21(14(16)32)30-7-28-12-17(23)25-5-26-19(12)30;/h4-5,7-8,11-14,19-20,31-32H,2-3H2,1H3,(H,35,45)(H,36,46)(H,25,26,33)(H3,22,27,28,34);1-2,5-7,9-10,13-16,20-21,31-32H,3-4H2,(H2,22,24)(H,33,43)(H,34,44)(H2,23,25,26);1H4/p-4/t7-,8-,11?,12?,13+,14+,19-,20-,43?,44?;9-,10-,13?,14?,15+,16+,20-,21-,41?,42?;/m11./s1. The minimum Gasteiger partial charge on any atom is -0.780 e. The van der Waals surface area contributed by atoms with Crippen LogP contribution in [0.15, 0.2) is 53.5 Å². The summed E-state index contributed by atoms with van der Waals surface area (Å²) in [5.41, 5.74) is 17.7. The molecule has 0 bridgehead atoms. The summed E-state index contributed by atoms with van der Waals surface area (Å²) in [4.78, 5) is 106. The van der Waals surface area contributed by atoms with E-state index >= 15 is 0 Å². The zero-order valence-electron chi connectivity index (χ0n) is 45.2. The fourth-order valence-corrected chi connectivity index (χ4v) is 16.5. The highest BCUT2D eigenvalue weighted by Gasteiger charge is 2.53. The number of rotatable bonds is 4. The first kappa shape index (κ1) is 66.1. The topological polar surface area (TPSA) is 557 Å². The summed E-state index contributed by atoms with van der Waals surface area (Å²) in [6, 6.07) is 1.56. The Kier molecular flexibility index (Phi) is 18.1. The first-order chi connectivity index (χ1) is 42.6. The Balaban J connectivity index is 0.000000174. The van der Waals surface area contributed by atoms with Gasteiger partial charge in [0.25, 0.3) is 11.1 Å². The predicted octanol–water partition coefficient (Wildman–Crippen LogP) is -3.71. The molecule has 0 spiro atoms. The van der Waals surface area contributed by atoms with Crippen molar-refractivity contribution in [2.75, 3.05) is 43.6 Å². The van der Waals surface area contributed by atoms with Crippen LogP contribution in [0.2, 0.25) is 0 Å². The summed E-state index contributed by atoms with van der Waals surface area (Å²) in [6.07, 6.45) is -14.6. The van der Waals surface area contributed by atoms with Crippen molar-refractivity contribution >= 4 is 137 Å². The number of H-pyrrole nitrogens is 2. The van der Waals surface area contributed by atoms with Gasteiger partial charge in [-0.3, -0.25) is 37.4 Å². The first-order valence-electron chi connectivity index (χ1n) is 26.2. The Morgan fingerprint density at radius 1 is 0.549 bits per heavy atom. The highest BCUT2D eigenvalue weighted by atomic mass is 32.7. The minimum absolute atomic E-state index is 0. The summed E-state index contributed by atoms with van der Waals surface area (Å²) in [5.74, 6) is 0.126. The van der Waals surface area contributed by atoms with Gasteiger partial charge < -0.3 is 125 Å². The quantitative estimate of drug-likeness (QED) is 0.0605. The molecule has 48 heteroatoms. The molecule has 6 fully saturated rings. The molecule has 8 unspecified atom stereocenters. The molecule has 0 aliphatic carbocycles. The van der Waals surface area contributed by atoms with Crippen LogP contribution in [-0.4, -0.2) is 193 Å². The summed E-state index contributed by atoms with van der Waals surface area (Å²) in [6.45, 7) is -18.5. The normalized spacial score (nSPS) is 37.3. The Morgan fingerprint density at radius 3 is 1.41 bits per heavy atom. The van der Waals surface area contributed by atoms with E-state index in [9.17, 15) is 49.3 Å². The van der Waals surface area contributed by atoms with Crippen molar-refractivity contribution in [3.63, 3.8) is 0 Å². The largest absolute Gasteiger partial charge is 0.780 e. The van der Waals surface area contributed by atoms with Gasteiger partial charge in [-0.25, -0.2) is 39.9 Å². The van der Waals surface area contributed by atoms with Gasteiger partial charge in [0, 0.05) is 6.20 Å². The maximum atomic E-state index is 13.4. The van der Waals surface area contributed by atoms with E-state index in [0.29, 0.717) is 11.2 Å². The molecule has 8 aromatic heterocycles. The molecule has 91 heavy (non-hydrogen) atoms. The Labute approximate surface area is 528 Å². The molecule has 8 aromatic rings. The summed E-state index contributed by atoms with van der Waals surface area (Å²) in [7, 11) is 0. The van der Waals surface area contributed by atoms with Gasteiger partial charge in [0.1, 0.15) is 117 Å². The molecule has 0 aromatic carbocycles. The van der Waals surface area contributed by atoms with Crippen molar-refractivity contribution in [3.8, 4) is 0 Å². The lowest BCUT2D eigenvalue weighted by Crippen LogP contribution is -2.40. The molecule has 12 N–H and O–H groups in total. The second kappa shape index (κ2) is 25.0. The van der Waals surface area contributed by atoms with Crippen molar-refractivity contribution in [1.82, 2.24) is 73.1 Å². The number of aryl methyl sites for hydroxylation is 1. The molecule has 40 nitrogen and oxygen atoms in total. The second-order valence-corrected chi connectivity index (χ2v) is 31.4. The zero-order valence-corrected chi connectivity index (χ0v) is 52.1. The lowest BCUT2D eigenvalue weighted by Gasteiger charge is -2.38. The average molecular weight is 1420 g/mol. The Morgan fingerprint density at radius 2 is 0.934 bits per heavy atom. The third-order valence-electron chi connectivity index (χ3n) is 14.8. The van der Waals surface area contributed by atoms with Gasteiger partial charge >= 0.3 is 0 Å². The second-order valence-electron chi connectivity index (χ2n) is 20.5. The van der Waals surface area contributed by atoms with Crippen LogP contribution in [0, 0.1) is 6.92 Å². The summed E-state index contributed by atoms with van der Waals surface area (Å²) >= 11 is 20.5. The van der Waals surface area contributed by atoms with Crippen molar-refractivity contribution in [2.45, 2.75) is 113 Å². The Bertz CT molecular complexity index is 4160. The fraction of sp³-hybridized carbons (Fsp3) is 0.512. The van der Waals surface area contributed by atoms with E-state index in [4.69, 9.17) is 120 Å². The maximum absolute atomic E-state index is 13.4. The highest BCUT2D eigenvalue weighted by molar-refractivity contribution is 8.32. The smallest absolute Gasteiger partial charge is 0.280 e. The number of nitrogens with two attached hydrogens (primary N) is 3. The lowest BCUT2D eigenvalue weighted by molar-refractivity contribution is -0.226. The van der Waals surface area contributed by atoms with Gasteiger partial charge in [0.2, 0.25) is 5.95 Å². The number of aromatic amines is 2. The van der Waals surface area contributed by atoms with Crippen molar-refractivity contribution in [3.05, 3.63) is 70.4 Å². The number of aliphatic hydroxyl groups excluding tert-OH is 4. The average Bonchev–Trinajstić information content (AvgIpc) is 1.68. The molecule has 14 heterocycles. The first-order valence-corrected chi connectivity index (χ1v) is 36.4. The number of nitrogens with one attached hydrogen (secondary N) is 2. The molecule has 0 amide bonds. The van der Waals surface area contributed by atoms with E-state index in [1.807, 2.05) is 0 Å². The van der Waals surface area contributed by atoms with Crippen LogP contribution in [0.4, 0.5) is 17.5 Å². The number of ether oxygens (including phenoxy) is 4. The predicted molar refractivity (Wildman–Crippen MR) is 315 cm³/mol. The van der Waals surface area contributed by atoms with Crippen LogP contribution in [-0.2, 0) is 107 Å². The van der Waals surface area contributed by atoms with Gasteiger partial charge in [0.05, 0.1) is 57.4 Å². The molecule has 14 rings (SSSR count). The SMILES string of the molecule is C.Cc1nc2c(ncn2[C@@H]2O[C@@H]3COP([O-])(=S)O[C@@H]4C(O)[C@H](n5cnc6c(=O)[nH]c(N)nc65)O[C@@H]4COP(=O)([S-])O[C@@H]3C2O)c(=O)[nH]1.Nc1ccnc2c1ncn2[C@@H]1O[C@@H]2COP([O-])(=S)O[C@@H]3C(O)[C@H](n4cnc5c(N)ncnc54)O[C@@H]3COP([O-])(=S)O[C@@H]2C1O. The maximum Gasteiger partial charge on any atom is 0.280 e. The minimum atomic E-state index is -4.46. The summed E-state index contributed by atoms with van der Waals surface area (Å²) in [5, 5.41) is 44.9. The van der Waals surface area contributed by atoms with Crippen LogP contribution in [0.25, 0.3) is 44.7 Å². The number of aliphatic hydroxyl groups is 4. The number of imidazole rings is 4. The zero-order chi connectivity index (χ0) is 63.7. The number of nitrogen functional groups attached to an aromatic ring is 3. The molecule has 20 atom stereocenters. The third kappa shape index (κ3) is 12.7. The molecule has 492 valence electrons. The van der Waals surface area contributed by atoms with E-state index in [-0.39, 0.29) is 64.2 Å².